The molecule has 0 aromatic carbocycles. The maximum Gasteiger partial charge on any atom is 0.318 e. The van der Waals surface area contributed by atoms with E-state index < -0.39 is 10.0 Å². The highest BCUT2D eigenvalue weighted by Gasteiger charge is 2.15. The average molecular weight is 363 g/mol. The minimum absolute atomic E-state index is 0.182. The summed E-state index contributed by atoms with van der Waals surface area (Å²) in [7, 11) is -2.03. The molecule has 0 fully saturated rings. The molecule has 22 heavy (non-hydrogen) atoms. The van der Waals surface area contributed by atoms with E-state index in [2.05, 4.69) is 20.0 Å². The maximum atomic E-state index is 12.0. The first kappa shape index (κ1) is 16.9. The molecule has 10 heteroatoms. The Balaban J connectivity index is 1.89. The summed E-state index contributed by atoms with van der Waals surface area (Å²) in [5.41, 5.74) is 0. The van der Waals surface area contributed by atoms with Gasteiger partial charge in [0.05, 0.1) is 13.3 Å². The molecular formula is C12H15ClN4O3S2. The zero-order valence-corrected chi connectivity index (χ0v) is 14.3. The second kappa shape index (κ2) is 7.23. The van der Waals surface area contributed by atoms with Gasteiger partial charge in [0.2, 0.25) is 10.0 Å². The summed E-state index contributed by atoms with van der Waals surface area (Å²) < 4.78 is 31.8. The number of anilines is 1. The van der Waals surface area contributed by atoms with Crippen molar-refractivity contribution in [2.75, 3.05) is 25.5 Å². The van der Waals surface area contributed by atoms with Gasteiger partial charge in [-0.2, -0.15) is 4.98 Å². The Morgan fingerprint density at radius 3 is 2.77 bits per heavy atom. The number of rotatable bonds is 7. The molecule has 2 aromatic heterocycles. The number of thiophene rings is 1. The fourth-order valence-electron chi connectivity index (χ4n) is 1.57. The number of hydrogen-bond donors (Lipinski definition) is 2. The summed E-state index contributed by atoms with van der Waals surface area (Å²) >= 11 is 7.17. The van der Waals surface area contributed by atoms with E-state index in [4.69, 9.17) is 16.3 Å². The Kier molecular flexibility index (Phi) is 5.57. The zero-order valence-electron chi connectivity index (χ0n) is 12.0. The number of hydrogen-bond acceptors (Lipinski definition) is 7. The van der Waals surface area contributed by atoms with Gasteiger partial charge in [0.1, 0.15) is 9.23 Å². The van der Waals surface area contributed by atoms with Gasteiger partial charge >= 0.3 is 6.01 Å². The van der Waals surface area contributed by atoms with Crippen LogP contribution in [0.25, 0.3) is 0 Å². The molecule has 0 saturated heterocycles. The largest absolute Gasteiger partial charge is 0.467 e. The van der Waals surface area contributed by atoms with Crippen LogP contribution in [0.5, 0.6) is 6.01 Å². The van der Waals surface area contributed by atoms with E-state index in [0.29, 0.717) is 21.6 Å². The van der Waals surface area contributed by atoms with Crippen LogP contribution in [0.1, 0.15) is 4.88 Å². The lowest BCUT2D eigenvalue weighted by Crippen LogP contribution is -2.28. The fourth-order valence-corrected chi connectivity index (χ4v) is 4.08. The number of aromatic nitrogens is 2. The molecule has 0 spiro atoms. The lowest BCUT2D eigenvalue weighted by atomic mass is 10.5. The molecule has 0 amide bonds. The van der Waals surface area contributed by atoms with Crippen LogP contribution in [0.4, 0.5) is 5.82 Å². The van der Waals surface area contributed by atoms with Gasteiger partial charge in [-0.15, -0.1) is 11.3 Å². The fraction of sp³-hybridized carbons (Fsp3) is 0.333. The zero-order chi connectivity index (χ0) is 16.2. The van der Waals surface area contributed by atoms with Crippen LogP contribution in [-0.4, -0.2) is 38.6 Å². The number of aryl methyl sites for hydroxylation is 1. The first-order valence-electron chi connectivity index (χ1n) is 6.29. The molecule has 0 radical (unpaired) electrons. The smallest absolute Gasteiger partial charge is 0.318 e. The first-order valence-corrected chi connectivity index (χ1v) is 8.96. The third-order valence-electron chi connectivity index (χ3n) is 2.59. The second-order valence-corrected chi connectivity index (χ2v) is 7.93. The van der Waals surface area contributed by atoms with E-state index >= 15 is 0 Å². The molecule has 0 atom stereocenters. The highest BCUT2D eigenvalue weighted by molar-refractivity contribution is 7.91. The minimum atomic E-state index is -3.48. The van der Waals surface area contributed by atoms with Crippen LogP contribution in [0.3, 0.4) is 0 Å². The second-order valence-electron chi connectivity index (χ2n) is 4.24. The molecule has 2 heterocycles. The molecule has 0 unspecified atom stereocenters. The van der Waals surface area contributed by atoms with E-state index in [1.54, 1.807) is 12.1 Å². The normalized spacial score (nSPS) is 11.4. The molecule has 2 aromatic rings. The Hall–Kier alpha value is -1.42. The van der Waals surface area contributed by atoms with Crippen LogP contribution in [0.15, 0.2) is 22.5 Å². The number of halogens is 1. The van der Waals surface area contributed by atoms with Crippen molar-refractivity contribution in [1.29, 1.82) is 0 Å². The van der Waals surface area contributed by atoms with E-state index in [9.17, 15) is 8.42 Å². The topological polar surface area (TPSA) is 93.2 Å². The van der Waals surface area contributed by atoms with E-state index in [-0.39, 0.29) is 12.6 Å². The summed E-state index contributed by atoms with van der Waals surface area (Å²) in [6.45, 7) is 2.38. The predicted molar refractivity (Wildman–Crippen MR) is 86.3 cm³/mol. The number of ether oxygens (including phenoxy) is 1. The van der Waals surface area contributed by atoms with Gasteiger partial charge in [0.25, 0.3) is 0 Å². The van der Waals surface area contributed by atoms with Crippen LogP contribution < -0.4 is 14.8 Å². The summed E-state index contributed by atoms with van der Waals surface area (Å²) in [6, 6.07) is 3.54. The first-order chi connectivity index (χ1) is 10.4. The molecule has 0 bridgehead atoms. The standard InChI is InChI=1S/C12H15ClN4O3S2/c1-8-3-4-10(21-8)22(18,19)16-6-5-14-11-9(13)7-15-12(17-11)20-2/h3-4,7,16H,5-6H2,1-2H3,(H,14,15,17). The molecule has 0 saturated carbocycles. The molecule has 2 rings (SSSR count). The van der Waals surface area contributed by atoms with Gasteiger partial charge < -0.3 is 10.1 Å². The molecule has 0 aliphatic rings. The monoisotopic (exact) mass is 362 g/mol. The Morgan fingerprint density at radius 2 is 2.14 bits per heavy atom. The van der Waals surface area contributed by atoms with Crippen molar-refractivity contribution in [3.05, 3.63) is 28.2 Å². The molecule has 0 aliphatic heterocycles. The van der Waals surface area contributed by atoms with E-state index in [0.717, 1.165) is 4.88 Å². The Bertz CT molecular complexity index is 749. The van der Waals surface area contributed by atoms with Gasteiger partial charge in [0, 0.05) is 18.0 Å². The van der Waals surface area contributed by atoms with Crippen molar-refractivity contribution in [2.24, 2.45) is 0 Å². The summed E-state index contributed by atoms with van der Waals surface area (Å²) in [5.74, 6) is 0.389. The maximum absolute atomic E-state index is 12.0. The molecular weight excluding hydrogens is 348 g/mol. The van der Waals surface area contributed by atoms with Crippen molar-refractivity contribution in [1.82, 2.24) is 14.7 Å². The van der Waals surface area contributed by atoms with E-state index in [1.807, 2.05) is 6.92 Å². The van der Waals surface area contributed by atoms with Crippen molar-refractivity contribution in [3.8, 4) is 6.01 Å². The van der Waals surface area contributed by atoms with Crippen LogP contribution in [-0.2, 0) is 10.0 Å². The van der Waals surface area contributed by atoms with Crippen molar-refractivity contribution in [3.63, 3.8) is 0 Å². The third-order valence-corrected chi connectivity index (χ3v) is 5.82. The van der Waals surface area contributed by atoms with Gasteiger partial charge in [-0.3, -0.25) is 0 Å². The highest BCUT2D eigenvalue weighted by Crippen LogP contribution is 2.21. The number of nitrogens with one attached hydrogen (secondary N) is 2. The van der Waals surface area contributed by atoms with Crippen LogP contribution >= 0.6 is 22.9 Å². The SMILES string of the molecule is COc1ncc(Cl)c(NCCNS(=O)(=O)c2ccc(C)s2)n1. The Labute approximate surface area is 137 Å². The van der Waals surface area contributed by atoms with Gasteiger partial charge in [0.15, 0.2) is 5.82 Å². The third kappa shape index (κ3) is 4.29. The summed E-state index contributed by atoms with van der Waals surface area (Å²) in [4.78, 5) is 8.83. The van der Waals surface area contributed by atoms with E-state index in [1.165, 1.54) is 24.6 Å². The average Bonchev–Trinajstić information content (AvgIpc) is 2.93. The number of sulfonamides is 1. The molecule has 0 aliphatic carbocycles. The number of nitrogens with zero attached hydrogens (tertiary/aromatic N) is 2. The Morgan fingerprint density at radius 1 is 1.36 bits per heavy atom. The minimum Gasteiger partial charge on any atom is -0.467 e. The summed E-state index contributed by atoms with van der Waals surface area (Å²) in [5, 5.41) is 3.26. The van der Waals surface area contributed by atoms with Crippen molar-refractivity contribution in [2.45, 2.75) is 11.1 Å². The highest BCUT2D eigenvalue weighted by atomic mass is 35.5. The van der Waals surface area contributed by atoms with Gasteiger partial charge in [-0.25, -0.2) is 18.1 Å². The molecule has 120 valence electrons. The lowest BCUT2D eigenvalue weighted by molar-refractivity contribution is 0.380. The predicted octanol–water partition coefficient (Wildman–Crippen LogP) is 1.90. The van der Waals surface area contributed by atoms with Gasteiger partial charge in [-0.05, 0) is 19.1 Å². The lowest BCUT2D eigenvalue weighted by Gasteiger charge is -2.09. The molecule has 2 N–H and O–H groups in total. The van der Waals surface area contributed by atoms with Crippen LogP contribution in [0.2, 0.25) is 5.02 Å². The number of methoxy groups -OCH3 is 1. The molecule has 7 nitrogen and oxygen atoms in total. The van der Waals surface area contributed by atoms with Crippen molar-refractivity contribution < 1.29 is 13.2 Å². The van der Waals surface area contributed by atoms with Crippen LogP contribution in [0, 0.1) is 6.92 Å². The quantitative estimate of drug-likeness (QED) is 0.731. The van der Waals surface area contributed by atoms with Gasteiger partial charge in [-0.1, -0.05) is 11.6 Å². The summed E-state index contributed by atoms with van der Waals surface area (Å²) in [6.07, 6.45) is 1.41. The van der Waals surface area contributed by atoms with Crippen molar-refractivity contribution >= 4 is 38.8 Å².